The van der Waals surface area contributed by atoms with Gasteiger partial charge in [-0.1, -0.05) is 0 Å². The summed E-state index contributed by atoms with van der Waals surface area (Å²) in [6, 6.07) is 9.66. The van der Waals surface area contributed by atoms with Crippen molar-refractivity contribution in [2.45, 2.75) is 13.8 Å². The molecule has 9 heteroatoms. The number of rotatable bonds is 8. The third-order valence-corrected chi connectivity index (χ3v) is 3.33. The zero-order valence-electron chi connectivity index (χ0n) is 15.7. The molecule has 0 unspecified atom stereocenters. The van der Waals surface area contributed by atoms with Gasteiger partial charge in [-0.25, -0.2) is 5.43 Å². The smallest absolute Gasteiger partial charge is 0.234 e. The number of hydrogen-bond donors (Lipinski definition) is 4. The Kier molecular flexibility index (Phi) is 7.64. The van der Waals surface area contributed by atoms with Gasteiger partial charge in [0, 0.05) is 0 Å². The van der Waals surface area contributed by atoms with Gasteiger partial charge in [-0.15, -0.1) is 5.10 Å². The molecule has 2 rings (SSSR count). The van der Waals surface area contributed by atoms with Crippen LogP contribution in [0.1, 0.15) is 25.0 Å². The van der Waals surface area contributed by atoms with Gasteiger partial charge < -0.3 is 25.4 Å². The van der Waals surface area contributed by atoms with E-state index in [0.717, 1.165) is 0 Å². The van der Waals surface area contributed by atoms with Crippen LogP contribution in [0.4, 0.5) is 0 Å². The summed E-state index contributed by atoms with van der Waals surface area (Å²) in [5.41, 5.74) is 9.62. The van der Waals surface area contributed by atoms with Crippen molar-refractivity contribution in [3.8, 4) is 23.0 Å². The molecule has 0 saturated heterocycles. The van der Waals surface area contributed by atoms with Crippen molar-refractivity contribution in [3.63, 3.8) is 0 Å². The largest absolute Gasteiger partial charge is 0.504 e. The molecule has 0 saturated carbocycles. The van der Waals surface area contributed by atoms with E-state index in [1.807, 2.05) is 13.8 Å². The zero-order valence-corrected chi connectivity index (χ0v) is 15.7. The van der Waals surface area contributed by atoms with Crippen molar-refractivity contribution >= 4 is 18.4 Å². The topological polar surface area (TPSA) is 134 Å². The van der Waals surface area contributed by atoms with Crippen LogP contribution in [0.25, 0.3) is 0 Å². The van der Waals surface area contributed by atoms with Crippen molar-refractivity contribution in [1.29, 1.82) is 0 Å². The second kappa shape index (κ2) is 10.4. The molecule has 2 aromatic carbocycles. The first-order valence-electron chi connectivity index (χ1n) is 8.60. The minimum atomic E-state index is -0.0138. The number of nitrogens with one attached hydrogen (secondary N) is 1. The van der Waals surface area contributed by atoms with Gasteiger partial charge in [-0.2, -0.15) is 10.2 Å². The van der Waals surface area contributed by atoms with Gasteiger partial charge in [0.2, 0.25) is 5.96 Å². The minimum absolute atomic E-state index is 0.0138. The van der Waals surface area contributed by atoms with Crippen LogP contribution < -0.4 is 20.6 Å². The van der Waals surface area contributed by atoms with Crippen molar-refractivity contribution < 1.29 is 19.7 Å². The van der Waals surface area contributed by atoms with Gasteiger partial charge in [0.25, 0.3) is 0 Å². The molecule has 28 heavy (non-hydrogen) atoms. The summed E-state index contributed by atoms with van der Waals surface area (Å²) in [5, 5.41) is 30.9. The highest BCUT2D eigenvalue weighted by Crippen LogP contribution is 2.26. The van der Waals surface area contributed by atoms with Crippen LogP contribution in [0.3, 0.4) is 0 Å². The van der Waals surface area contributed by atoms with Gasteiger partial charge in [0.05, 0.1) is 25.6 Å². The molecule has 9 nitrogen and oxygen atoms in total. The van der Waals surface area contributed by atoms with E-state index in [-0.39, 0.29) is 17.5 Å². The lowest BCUT2D eigenvalue weighted by molar-refractivity contribution is 0.318. The summed E-state index contributed by atoms with van der Waals surface area (Å²) in [6.45, 7) is 4.54. The molecule has 0 fully saturated rings. The predicted molar refractivity (Wildman–Crippen MR) is 108 cm³/mol. The van der Waals surface area contributed by atoms with E-state index in [1.54, 1.807) is 24.3 Å². The number of hydrogen-bond acceptors (Lipinski definition) is 7. The first-order chi connectivity index (χ1) is 13.5. The molecule has 148 valence electrons. The molecule has 2 aromatic rings. The maximum atomic E-state index is 9.67. The number of nitrogens with zero attached hydrogens (tertiary/aromatic N) is 3. The average Bonchev–Trinajstić information content (AvgIpc) is 2.67. The molecule has 0 bridgehead atoms. The normalized spacial score (nSPS) is 11.9. The van der Waals surface area contributed by atoms with E-state index in [2.05, 4.69) is 20.7 Å². The summed E-state index contributed by atoms with van der Waals surface area (Å²) in [7, 11) is 0. The fourth-order valence-electron chi connectivity index (χ4n) is 2.12. The van der Waals surface area contributed by atoms with Crippen molar-refractivity contribution in [2.75, 3.05) is 13.2 Å². The Morgan fingerprint density at radius 1 is 0.964 bits per heavy atom. The molecule has 0 heterocycles. The Balaban J connectivity index is 1.95. The molecule has 0 amide bonds. The van der Waals surface area contributed by atoms with E-state index >= 15 is 0 Å². The van der Waals surface area contributed by atoms with E-state index in [0.29, 0.717) is 35.8 Å². The second-order valence-corrected chi connectivity index (χ2v) is 5.42. The van der Waals surface area contributed by atoms with Crippen LogP contribution in [-0.2, 0) is 0 Å². The molecular weight excluding hydrogens is 362 g/mol. The molecule has 0 aliphatic heterocycles. The highest BCUT2D eigenvalue weighted by molar-refractivity contribution is 5.85. The van der Waals surface area contributed by atoms with E-state index in [1.165, 1.54) is 24.6 Å². The van der Waals surface area contributed by atoms with Crippen molar-refractivity contribution in [1.82, 2.24) is 5.43 Å². The third-order valence-electron chi connectivity index (χ3n) is 3.33. The fraction of sp³-hybridized carbons (Fsp3) is 0.211. The van der Waals surface area contributed by atoms with Gasteiger partial charge in [0.1, 0.15) is 0 Å². The monoisotopic (exact) mass is 385 g/mol. The SMILES string of the molecule is CCOc1cc(C=NN=C(N)NN=Cc2ccc(O)c(OCC)c2)ccc1O. The Bertz CT molecular complexity index is 881. The Labute approximate surface area is 162 Å². The average molecular weight is 385 g/mol. The van der Waals surface area contributed by atoms with Gasteiger partial charge in [-0.3, -0.25) is 0 Å². The molecule has 5 N–H and O–H groups in total. The zero-order chi connectivity index (χ0) is 20.4. The number of nitrogens with two attached hydrogens (primary N) is 1. The van der Waals surface area contributed by atoms with E-state index < -0.39 is 0 Å². The first kappa shape index (κ1) is 20.6. The Morgan fingerprint density at radius 2 is 1.50 bits per heavy atom. The van der Waals surface area contributed by atoms with E-state index in [9.17, 15) is 10.2 Å². The number of aromatic hydroxyl groups is 2. The maximum Gasteiger partial charge on any atom is 0.234 e. The summed E-state index contributed by atoms with van der Waals surface area (Å²) in [4.78, 5) is 0. The van der Waals surface area contributed by atoms with Gasteiger partial charge in [0.15, 0.2) is 23.0 Å². The van der Waals surface area contributed by atoms with Crippen LogP contribution in [0.2, 0.25) is 0 Å². The quantitative estimate of drug-likeness (QED) is 0.313. The number of hydrazone groups is 1. The Hall–Kier alpha value is -3.75. The highest BCUT2D eigenvalue weighted by atomic mass is 16.5. The minimum Gasteiger partial charge on any atom is -0.504 e. The van der Waals surface area contributed by atoms with E-state index in [4.69, 9.17) is 15.2 Å². The van der Waals surface area contributed by atoms with Crippen LogP contribution in [-0.4, -0.2) is 41.8 Å². The predicted octanol–water partition coefficient (Wildman–Crippen LogP) is 2.17. The lowest BCUT2D eigenvalue weighted by atomic mass is 10.2. The van der Waals surface area contributed by atoms with Crippen molar-refractivity contribution in [3.05, 3.63) is 47.5 Å². The highest BCUT2D eigenvalue weighted by Gasteiger charge is 2.03. The third kappa shape index (κ3) is 6.20. The first-order valence-corrected chi connectivity index (χ1v) is 8.60. The Morgan fingerprint density at radius 3 is 2.04 bits per heavy atom. The molecule has 0 aromatic heterocycles. The standard InChI is InChI=1S/C19H23N5O4/c1-3-27-17-9-13(5-7-15(17)25)11-21-23-19(20)24-22-12-14-6-8-16(26)18(10-14)28-4-2/h5-12,25-26H,3-4H2,1-2H3,(H3,20,23,24). The summed E-state index contributed by atoms with van der Waals surface area (Å²) in [6.07, 6.45) is 2.97. The van der Waals surface area contributed by atoms with Gasteiger partial charge in [-0.05, 0) is 61.4 Å². The van der Waals surface area contributed by atoms with Crippen LogP contribution in [0.15, 0.2) is 51.7 Å². The second-order valence-electron chi connectivity index (χ2n) is 5.42. The summed E-state index contributed by atoms with van der Waals surface area (Å²) >= 11 is 0. The fourth-order valence-corrected chi connectivity index (χ4v) is 2.12. The lowest BCUT2D eigenvalue weighted by Gasteiger charge is -2.06. The lowest BCUT2D eigenvalue weighted by Crippen LogP contribution is -2.26. The molecular formula is C19H23N5O4. The molecule has 0 spiro atoms. The van der Waals surface area contributed by atoms with Gasteiger partial charge >= 0.3 is 0 Å². The number of phenolic OH excluding ortho intramolecular Hbond substituents is 2. The molecule has 0 radical (unpaired) electrons. The molecule has 0 atom stereocenters. The number of benzene rings is 2. The van der Waals surface area contributed by atoms with Crippen molar-refractivity contribution in [2.24, 2.45) is 21.0 Å². The number of phenols is 2. The number of ether oxygens (including phenoxy) is 2. The van der Waals surface area contributed by atoms with Crippen LogP contribution in [0.5, 0.6) is 23.0 Å². The summed E-state index contributed by atoms with van der Waals surface area (Å²) < 4.78 is 10.6. The van der Waals surface area contributed by atoms with Crippen LogP contribution in [0, 0.1) is 0 Å². The molecule has 0 aliphatic rings. The van der Waals surface area contributed by atoms with Crippen LogP contribution >= 0.6 is 0 Å². The molecule has 0 aliphatic carbocycles. The summed E-state index contributed by atoms with van der Waals surface area (Å²) in [5.74, 6) is 0.841. The maximum absolute atomic E-state index is 9.67. The number of guanidine groups is 1.